The summed E-state index contributed by atoms with van der Waals surface area (Å²) in [5, 5.41) is 3.97. The van der Waals surface area contributed by atoms with Crippen LogP contribution in [0.15, 0.2) is 53.6 Å². The van der Waals surface area contributed by atoms with E-state index in [9.17, 15) is 4.79 Å². The molecule has 1 heterocycles. The lowest BCUT2D eigenvalue weighted by Gasteiger charge is -2.17. The molecule has 1 saturated heterocycles. The summed E-state index contributed by atoms with van der Waals surface area (Å²) in [7, 11) is 1.56. The van der Waals surface area contributed by atoms with Gasteiger partial charge in [0.25, 0.3) is 5.91 Å². The highest BCUT2D eigenvalue weighted by molar-refractivity contribution is 5.83. The van der Waals surface area contributed by atoms with Crippen LogP contribution >= 0.6 is 0 Å². The number of carbonyl (C=O) groups excluding carboxylic acids is 1. The second-order valence-corrected chi connectivity index (χ2v) is 6.02. The molecule has 1 N–H and O–H groups in total. The molecule has 0 bridgehead atoms. The monoisotopic (exact) mass is 353 g/mol. The Bertz CT molecular complexity index is 753. The van der Waals surface area contributed by atoms with E-state index in [4.69, 9.17) is 9.47 Å². The van der Waals surface area contributed by atoms with Gasteiger partial charge in [0.15, 0.2) is 18.1 Å². The predicted octanol–water partition coefficient (Wildman–Crippen LogP) is 2.82. The zero-order valence-electron chi connectivity index (χ0n) is 14.9. The number of anilines is 1. The fourth-order valence-corrected chi connectivity index (χ4v) is 2.84. The first kappa shape index (κ1) is 17.8. The summed E-state index contributed by atoms with van der Waals surface area (Å²) in [5.41, 5.74) is 4.62. The van der Waals surface area contributed by atoms with Gasteiger partial charge in [-0.15, -0.1) is 0 Å². The van der Waals surface area contributed by atoms with Crippen LogP contribution in [0.2, 0.25) is 0 Å². The van der Waals surface area contributed by atoms with E-state index in [1.54, 1.807) is 25.5 Å². The molecule has 1 amide bonds. The standard InChI is InChI=1S/C20H23N3O3/c1-25-18-6-2-3-7-19(18)26-15-20(24)22-21-14-16-8-10-17(11-9-16)23-12-4-5-13-23/h2-3,6-11,14H,4-5,12-13,15H2,1H3,(H,22,24)/b21-14+. The summed E-state index contributed by atoms with van der Waals surface area (Å²) in [6.45, 7) is 2.11. The first-order chi connectivity index (χ1) is 12.8. The van der Waals surface area contributed by atoms with Crippen LogP contribution in [0.1, 0.15) is 18.4 Å². The van der Waals surface area contributed by atoms with Crippen LogP contribution in [0, 0.1) is 0 Å². The highest BCUT2D eigenvalue weighted by Crippen LogP contribution is 2.25. The van der Waals surface area contributed by atoms with Crippen LogP contribution in [0.5, 0.6) is 11.5 Å². The van der Waals surface area contributed by atoms with Crippen molar-refractivity contribution >= 4 is 17.8 Å². The number of carbonyl (C=O) groups is 1. The third-order valence-corrected chi connectivity index (χ3v) is 4.20. The molecular weight excluding hydrogens is 330 g/mol. The topological polar surface area (TPSA) is 63.2 Å². The molecule has 1 aliphatic heterocycles. The SMILES string of the molecule is COc1ccccc1OCC(=O)N/N=C/c1ccc(N2CCCC2)cc1. The van der Waals surface area contributed by atoms with Crippen LogP contribution in [-0.4, -0.2) is 38.9 Å². The lowest BCUT2D eigenvalue weighted by atomic mass is 10.2. The maximum atomic E-state index is 11.8. The third kappa shape index (κ3) is 4.75. The number of amides is 1. The normalized spacial score (nSPS) is 13.8. The van der Waals surface area contributed by atoms with Crippen LogP contribution < -0.4 is 19.8 Å². The molecule has 0 saturated carbocycles. The summed E-state index contributed by atoms with van der Waals surface area (Å²) >= 11 is 0. The second-order valence-electron chi connectivity index (χ2n) is 6.02. The summed E-state index contributed by atoms with van der Waals surface area (Å²) in [4.78, 5) is 14.2. The van der Waals surface area contributed by atoms with Gasteiger partial charge in [0.05, 0.1) is 13.3 Å². The number of hydrazone groups is 1. The maximum absolute atomic E-state index is 11.8. The lowest BCUT2D eigenvalue weighted by molar-refractivity contribution is -0.123. The first-order valence-electron chi connectivity index (χ1n) is 8.69. The minimum atomic E-state index is -0.333. The average molecular weight is 353 g/mol. The van der Waals surface area contributed by atoms with Crippen molar-refractivity contribution in [1.82, 2.24) is 5.43 Å². The van der Waals surface area contributed by atoms with Gasteiger partial charge >= 0.3 is 0 Å². The molecule has 0 unspecified atom stereocenters. The molecule has 2 aromatic carbocycles. The maximum Gasteiger partial charge on any atom is 0.277 e. The van der Waals surface area contributed by atoms with Gasteiger partial charge in [-0.3, -0.25) is 4.79 Å². The van der Waals surface area contributed by atoms with Gasteiger partial charge in [0.2, 0.25) is 0 Å². The Morgan fingerprint density at radius 3 is 2.50 bits per heavy atom. The van der Waals surface area contributed by atoms with Crippen molar-refractivity contribution in [3.8, 4) is 11.5 Å². The summed E-state index contributed by atoms with van der Waals surface area (Å²) in [5.74, 6) is 0.773. The Balaban J connectivity index is 1.46. The Hall–Kier alpha value is -3.02. The average Bonchev–Trinajstić information content (AvgIpc) is 3.22. The second kappa shape index (κ2) is 8.89. The Morgan fingerprint density at radius 1 is 1.12 bits per heavy atom. The molecule has 3 rings (SSSR count). The van der Waals surface area contributed by atoms with Crippen molar-refractivity contribution < 1.29 is 14.3 Å². The van der Waals surface area contributed by atoms with Crippen molar-refractivity contribution in [2.75, 3.05) is 31.7 Å². The molecule has 0 radical (unpaired) electrons. The van der Waals surface area contributed by atoms with Gasteiger partial charge in [-0.25, -0.2) is 5.43 Å². The van der Waals surface area contributed by atoms with Crippen LogP contribution in [-0.2, 0) is 4.79 Å². The number of ether oxygens (including phenoxy) is 2. The molecule has 6 nitrogen and oxygen atoms in total. The van der Waals surface area contributed by atoms with E-state index in [2.05, 4.69) is 27.6 Å². The van der Waals surface area contributed by atoms with Gasteiger partial charge < -0.3 is 14.4 Å². The fraction of sp³-hybridized carbons (Fsp3) is 0.300. The Labute approximate surface area is 153 Å². The first-order valence-corrected chi connectivity index (χ1v) is 8.69. The number of benzene rings is 2. The summed E-state index contributed by atoms with van der Waals surface area (Å²) in [6.07, 6.45) is 4.13. The quantitative estimate of drug-likeness (QED) is 0.614. The van der Waals surface area contributed by atoms with E-state index in [1.165, 1.54) is 18.5 Å². The molecular formula is C20H23N3O3. The highest BCUT2D eigenvalue weighted by Gasteiger charge is 2.11. The van der Waals surface area contributed by atoms with Gasteiger partial charge in [0, 0.05) is 18.8 Å². The number of rotatable bonds is 7. The van der Waals surface area contributed by atoms with Crippen molar-refractivity contribution in [3.05, 3.63) is 54.1 Å². The van der Waals surface area contributed by atoms with Gasteiger partial charge in [-0.2, -0.15) is 5.10 Å². The Kier molecular flexibility index (Phi) is 6.09. The lowest BCUT2D eigenvalue weighted by Crippen LogP contribution is -2.24. The van der Waals surface area contributed by atoms with E-state index < -0.39 is 0 Å². The molecule has 6 heteroatoms. The van der Waals surface area contributed by atoms with Crippen molar-refractivity contribution in [2.24, 2.45) is 5.10 Å². The molecule has 2 aromatic rings. The highest BCUT2D eigenvalue weighted by atomic mass is 16.5. The van der Waals surface area contributed by atoms with Gasteiger partial charge in [0.1, 0.15) is 0 Å². The van der Waals surface area contributed by atoms with E-state index in [1.807, 2.05) is 24.3 Å². The predicted molar refractivity (Wildman–Crippen MR) is 102 cm³/mol. The van der Waals surface area contributed by atoms with Crippen LogP contribution in [0.4, 0.5) is 5.69 Å². The molecule has 0 atom stereocenters. The van der Waals surface area contributed by atoms with Gasteiger partial charge in [-0.1, -0.05) is 24.3 Å². The molecule has 1 fully saturated rings. The number of nitrogens with one attached hydrogen (secondary N) is 1. The van der Waals surface area contributed by atoms with Crippen molar-refractivity contribution in [2.45, 2.75) is 12.8 Å². The number of methoxy groups -OCH3 is 1. The molecule has 0 spiro atoms. The van der Waals surface area contributed by atoms with Crippen molar-refractivity contribution in [3.63, 3.8) is 0 Å². The number of para-hydroxylation sites is 2. The third-order valence-electron chi connectivity index (χ3n) is 4.20. The molecule has 0 aliphatic carbocycles. The zero-order valence-corrected chi connectivity index (χ0v) is 14.9. The van der Waals surface area contributed by atoms with E-state index in [0.717, 1.165) is 18.7 Å². The smallest absolute Gasteiger partial charge is 0.277 e. The minimum Gasteiger partial charge on any atom is -0.493 e. The van der Waals surface area contributed by atoms with Gasteiger partial charge in [-0.05, 0) is 42.7 Å². The minimum absolute atomic E-state index is 0.133. The van der Waals surface area contributed by atoms with E-state index in [-0.39, 0.29) is 12.5 Å². The fourth-order valence-electron chi connectivity index (χ4n) is 2.84. The number of nitrogens with zero attached hydrogens (tertiary/aromatic N) is 2. The molecule has 0 aromatic heterocycles. The summed E-state index contributed by atoms with van der Waals surface area (Å²) < 4.78 is 10.6. The largest absolute Gasteiger partial charge is 0.493 e. The van der Waals surface area contributed by atoms with Crippen LogP contribution in [0.3, 0.4) is 0 Å². The molecule has 1 aliphatic rings. The van der Waals surface area contributed by atoms with E-state index >= 15 is 0 Å². The number of hydrogen-bond donors (Lipinski definition) is 1. The van der Waals surface area contributed by atoms with E-state index in [0.29, 0.717) is 11.5 Å². The summed E-state index contributed by atoms with van der Waals surface area (Å²) in [6, 6.07) is 15.3. The number of hydrogen-bond acceptors (Lipinski definition) is 5. The van der Waals surface area contributed by atoms with Crippen LogP contribution in [0.25, 0.3) is 0 Å². The molecule has 26 heavy (non-hydrogen) atoms. The zero-order chi connectivity index (χ0) is 18.2. The Morgan fingerprint density at radius 2 is 1.81 bits per heavy atom. The van der Waals surface area contributed by atoms with Crippen molar-refractivity contribution in [1.29, 1.82) is 0 Å². The molecule has 136 valence electrons.